The van der Waals surface area contributed by atoms with Crippen molar-refractivity contribution in [3.05, 3.63) is 58.8 Å². The molecule has 122 valence electrons. The average Bonchev–Trinajstić information content (AvgIpc) is 2.74. The van der Waals surface area contributed by atoms with E-state index < -0.39 is 5.60 Å². The van der Waals surface area contributed by atoms with Gasteiger partial charge in [-0.2, -0.15) is 0 Å². The molecule has 3 aromatic rings. The maximum Gasteiger partial charge on any atom is 0.261 e. The molecule has 0 saturated carbocycles. The zero-order valence-corrected chi connectivity index (χ0v) is 13.6. The zero-order chi connectivity index (χ0) is 16.7. The van der Waals surface area contributed by atoms with Crippen LogP contribution in [-0.4, -0.2) is 25.2 Å². The van der Waals surface area contributed by atoms with Crippen LogP contribution in [0.5, 0.6) is 0 Å². The molecule has 24 heavy (non-hydrogen) atoms. The lowest BCUT2D eigenvalue weighted by atomic mass is 9.97. The first-order chi connectivity index (χ1) is 11.5. The maximum atomic E-state index is 12.8. The predicted molar refractivity (Wildman–Crippen MR) is 92.8 cm³/mol. The summed E-state index contributed by atoms with van der Waals surface area (Å²) in [6.07, 6.45) is 3.54. The minimum absolute atomic E-state index is 0.0275. The summed E-state index contributed by atoms with van der Waals surface area (Å²) in [5, 5.41) is 10.9. The number of benzene rings is 1. The Kier molecular flexibility index (Phi) is 3.46. The minimum atomic E-state index is -0.745. The molecule has 0 amide bonds. The molecule has 1 unspecified atom stereocenters. The monoisotopic (exact) mass is 321 g/mol. The van der Waals surface area contributed by atoms with Gasteiger partial charge in [0.25, 0.3) is 5.56 Å². The number of nitrogens with zero attached hydrogens (tertiary/aromatic N) is 3. The molecule has 4 rings (SSSR count). The molecule has 0 bridgehead atoms. The Morgan fingerprint density at radius 2 is 2.08 bits per heavy atom. The molecule has 0 aliphatic carbocycles. The van der Waals surface area contributed by atoms with Crippen molar-refractivity contribution in [2.24, 2.45) is 0 Å². The van der Waals surface area contributed by atoms with Crippen LogP contribution in [0, 0.1) is 0 Å². The first-order valence-corrected chi connectivity index (χ1v) is 8.21. The van der Waals surface area contributed by atoms with Gasteiger partial charge in [0.15, 0.2) is 0 Å². The van der Waals surface area contributed by atoms with Crippen LogP contribution in [0.1, 0.15) is 25.6 Å². The van der Waals surface area contributed by atoms with E-state index >= 15 is 0 Å². The van der Waals surface area contributed by atoms with Gasteiger partial charge in [-0.1, -0.05) is 12.1 Å². The normalized spacial score (nSPS) is 20.6. The van der Waals surface area contributed by atoms with Crippen molar-refractivity contribution in [3.8, 4) is 11.3 Å². The fraction of sp³-hybridized carbons (Fsp3) is 0.316. The smallest absolute Gasteiger partial charge is 0.261 e. The molecule has 3 heterocycles. The molecule has 0 spiro atoms. The van der Waals surface area contributed by atoms with Crippen molar-refractivity contribution in [2.45, 2.75) is 38.3 Å². The highest BCUT2D eigenvalue weighted by Gasteiger charge is 2.26. The van der Waals surface area contributed by atoms with Gasteiger partial charge in [0.05, 0.1) is 22.2 Å². The number of aromatic nitrogens is 3. The van der Waals surface area contributed by atoms with Crippen LogP contribution < -0.4 is 5.56 Å². The number of aryl methyl sites for hydroxylation is 1. The molecule has 5 nitrogen and oxygen atoms in total. The molecule has 1 N–H and O–H groups in total. The highest BCUT2D eigenvalue weighted by Crippen LogP contribution is 2.24. The third kappa shape index (κ3) is 2.61. The van der Waals surface area contributed by atoms with E-state index in [9.17, 15) is 9.90 Å². The van der Waals surface area contributed by atoms with E-state index in [0.29, 0.717) is 36.7 Å². The molecule has 1 aromatic carbocycles. The Hall–Kier alpha value is -2.53. The number of hydrogen-bond acceptors (Lipinski definition) is 4. The predicted octanol–water partition coefficient (Wildman–Crippen LogP) is 2.55. The summed E-state index contributed by atoms with van der Waals surface area (Å²) >= 11 is 0. The summed E-state index contributed by atoms with van der Waals surface area (Å²) in [6.45, 7) is 2.33. The van der Waals surface area contributed by atoms with Gasteiger partial charge in [-0.3, -0.25) is 14.3 Å². The highest BCUT2D eigenvalue weighted by atomic mass is 16.3. The van der Waals surface area contributed by atoms with E-state index in [4.69, 9.17) is 4.98 Å². The van der Waals surface area contributed by atoms with Crippen LogP contribution in [0.25, 0.3) is 22.2 Å². The van der Waals surface area contributed by atoms with Crippen LogP contribution in [0.2, 0.25) is 0 Å². The molecular formula is C19H19N3O2. The number of pyridine rings is 1. The van der Waals surface area contributed by atoms with Crippen LogP contribution in [-0.2, 0) is 13.0 Å². The number of aliphatic hydroxyl groups is 1. The van der Waals surface area contributed by atoms with Crippen LogP contribution in [0.4, 0.5) is 0 Å². The van der Waals surface area contributed by atoms with Gasteiger partial charge in [0.2, 0.25) is 0 Å². The molecule has 1 aliphatic rings. The number of fused-ring (bicyclic) bond motifs is 2. The molecule has 0 fully saturated rings. The highest BCUT2D eigenvalue weighted by molar-refractivity contribution is 5.83. The SMILES string of the molecule is CC1(O)CCc2nc3cc(-c4ccccn4)ccc3c(=O)n2CC1. The Morgan fingerprint density at radius 3 is 2.88 bits per heavy atom. The first-order valence-electron chi connectivity index (χ1n) is 8.21. The molecule has 1 aliphatic heterocycles. The van der Waals surface area contributed by atoms with Gasteiger partial charge in [-0.05, 0) is 44.0 Å². The maximum absolute atomic E-state index is 12.8. The summed E-state index contributed by atoms with van der Waals surface area (Å²) in [4.78, 5) is 21.9. The fourth-order valence-corrected chi connectivity index (χ4v) is 3.24. The van der Waals surface area contributed by atoms with Gasteiger partial charge >= 0.3 is 0 Å². The van der Waals surface area contributed by atoms with Crippen molar-refractivity contribution in [1.82, 2.24) is 14.5 Å². The van der Waals surface area contributed by atoms with Crippen molar-refractivity contribution in [2.75, 3.05) is 0 Å². The van der Waals surface area contributed by atoms with Crippen molar-refractivity contribution >= 4 is 10.9 Å². The van der Waals surface area contributed by atoms with E-state index in [2.05, 4.69) is 4.98 Å². The fourth-order valence-electron chi connectivity index (χ4n) is 3.24. The zero-order valence-electron chi connectivity index (χ0n) is 13.6. The molecular weight excluding hydrogens is 302 g/mol. The summed E-state index contributed by atoms with van der Waals surface area (Å²) in [5.74, 6) is 0.753. The Bertz CT molecular complexity index is 962. The summed E-state index contributed by atoms with van der Waals surface area (Å²) in [5.41, 5.74) is 1.72. The molecule has 5 heteroatoms. The Morgan fingerprint density at radius 1 is 1.21 bits per heavy atom. The second kappa shape index (κ2) is 5.53. The average molecular weight is 321 g/mol. The van der Waals surface area contributed by atoms with Gasteiger partial charge < -0.3 is 5.11 Å². The van der Waals surface area contributed by atoms with Gasteiger partial charge in [0, 0.05) is 24.7 Å². The van der Waals surface area contributed by atoms with Crippen molar-refractivity contribution in [3.63, 3.8) is 0 Å². The third-order valence-electron chi connectivity index (χ3n) is 4.76. The number of rotatable bonds is 1. The minimum Gasteiger partial charge on any atom is -0.390 e. The van der Waals surface area contributed by atoms with Crippen LogP contribution in [0.3, 0.4) is 0 Å². The topological polar surface area (TPSA) is 68.0 Å². The molecule has 0 saturated heterocycles. The van der Waals surface area contributed by atoms with E-state index in [0.717, 1.165) is 17.1 Å². The lowest BCUT2D eigenvalue weighted by molar-refractivity contribution is 0.0426. The van der Waals surface area contributed by atoms with Gasteiger partial charge in [-0.25, -0.2) is 4.98 Å². The van der Waals surface area contributed by atoms with E-state index in [1.807, 2.05) is 43.3 Å². The van der Waals surface area contributed by atoms with Crippen LogP contribution >= 0.6 is 0 Å². The van der Waals surface area contributed by atoms with Crippen molar-refractivity contribution < 1.29 is 5.11 Å². The summed E-state index contributed by atoms with van der Waals surface area (Å²) < 4.78 is 1.71. The summed E-state index contributed by atoms with van der Waals surface area (Å²) in [7, 11) is 0. The van der Waals surface area contributed by atoms with E-state index in [-0.39, 0.29) is 5.56 Å². The third-order valence-corrected chi connectivity index (χ3v) is 4.76. The lowest BCUT2D eigenvalue weighted by Crippen LogP contribution is -2.27. The molecule has 1 atom stereocenters. The van der Waals surface area contributed by atoms with Gasteiger partial charge in [-0.15, -0.1) is 0 Å². The second-order valence-corrected chi connectivity index (χ2v) is 6.68. The number of hydrogen-bond donors (Lipinski definition) is 1. The Balaban J connectivity index is 1.87. The Labute approximate surface area is 139 Å². The first kappa shape index (κ1) is 15.0. The second-order valence-electron chi connectivity index (χ2n) is 6.68. The summed E-state index contributed by atoms with van der Waals surface area (Å²) in [6, 6.07) is 11.4. The quantitative estimate of drug-likeness (QED) is 0.748. The largest absolute Gasteiger partial charge is 0.390 e. The molecule has 0 radical (unpaired) electrons. The standard InChI is InChI=1S/C19H19N3O2/c1-19(24)8-7-17-21-16-12-13(15-4-2-3-10-20-15)5-6-14(16)18(23)22(17)11-9-19/h2-6,10,12,24H,7-9,11H2,1H3. The van der Waals surface area contributed by atoms with Crippen molar-refractivity contribution in [1.29, 1.82) is 0 Å². The van der Waals surface area contributed by atoms with Crippen LogP contribution in [0.15, 0.2) is 47.4 Å². The van der Waals surface area contributed by atoms with E-state index in [1.165, 1.54) is 0 Å². The van der Waals surface area contributed by atoms with E-state index in [1.54, 1.807) is 10.8 Å². The lowest BCUT2D eigenvalue weighted by Gasteiger charge is -2.19. The molecule has 2 aromatic heterocycles. The van der Waals surface area contributed by atoms with Gasteiger partial charge in [0.1, 0.15) is 5.82 Å².